The molecule has 3 heteroatoms. The van der Waals surface area contributed by atoms with Crippen LogP contribution in [0.5, 0.6) is 0 Å². The van der Waals surface area contributed by atoms with E-state index in [0.717, 1.165) is 24.3 Å². The van der Waals surface area contributed by atoms with Crippen molar-refractivity contribution < 1.29 is 0 Å². The van der Waals surface area contributed by atoms with E-state index in [1.54, 1.807) is 11.3 Å². The molecule has 2 aromatic heterocycles. The third-order valence-electron chi connectivity index (χ3n) is 2.63. The maximum Gasteiger partial charge on any atom is 0.130 e. The highest BCUT2D eigenvalue weighted by Gasteiger charge is 2.10. The molecular weight excluding hydrogens is 216 g/mol. The van der Waals surface area contributed by atoms with E-state index in [1.165, 1.54) is 10.3 Å². The lowest BCUT2D eigenvalue weighted by molar-refractivity contribution is 0.857. The second-order valence-electron chi connectivity index (χ2n) is 4.31. The maximum atomic E-state index is 4.69. The number of pyridine rings is 1. The van der Waals surface area contributed by atoms with Gasteiger partial charge in [-0.05, 0) is 35.4 Å². The number of hydrogen-bond acceptors (Lipinski definition) is 3. The first-order chi connectivity index (χ1) is 7.72. The van der Waals surface area contributed by atoms with Crippen LogP contribution in [0.25, 0.3) is 10.2 Å². The number of fused-ring (bicyclic) bond motifs is 1. The van der Waals surface area contributed by atoms with Crippen LogP contribution in [0, 0.1) is 0 Å². The highest BCUT2D eigenvalue weighted by Crippen LogP contribution is 2.29. The lowest BCUT2D eigenvalue weighted by atomic mass is 10.0. The van der Waals surface area contributed by atoms with Crippen molar-refractivity contribution in [1.29, 1.82) is 0 Å². The van der Waals surface area contributed by atoms with E-state index in [1.807, 2.05) is 0 Å². The van der Waals surface area contributed by atoms with Crippen molar-refractivity contribution in [1.82, 2.24) is 4.98 Å². The minimum absolute atomic E-state index is 0.512. The SMILES string of the molecule is CCCNc1nc2ccsc2cc1C(C)C. The molecule has 2 aromatic rings. The Morgan fingerprint density at radius 1 is 1.44 bits per heavy atom. The molecule has 0 aliphatic heterocycles. The number of hydrogen-bond donors (Lipinski definition) is 1. The second-order valence-corrected chi connectivity index (χ2v) is 5.26. The summed E-state index contributed by atoms with van der Waals surface area (Å²) in [6, 6.07) is 4.36. The van der Waals surface area contributed by atoms with Gasteiger partial charge in [0.25, 0.3) is 0 Å². The third-order valence-corrected chi connectivity index (χ3v) is 3.48. The van der Waals surface area contributed by atoms with Crippen LogP contribution in [0.4, 0.5) is 5.82 Å². The Labute approximate surface area is 101 Å². The molecule has 0 saturated heterocycles. The number of thiophene rings is 1. The van der Waals surface area contributed by atoms with Gasteiger partial charge in [0.2, 0.25) is 0 Å². The number of anilines is 1. The molecule has 0 aliphatic rings. The monoisotopic (exact) mass is 234 g/mol. The van der Waals surface area contributed by atoms with Gasteiger partial charge in [0.05, 0.1) is 10.2 Å². The van der Waals surface area contributed by atoms with Crippen LogP contribution in [-0.4, -0.2) is 11.5 Å². The van der Waals surface area contributed by atoms with Gasteiger partial charge in [0.1, 0.15) is 5.82 Å². The molecule has 0 aromatic carbocycles. The number of rotatable bonds is 4. The molecule has 0 spiro atoms. The van der Waals surface area contributed by atoms with Crippen LogP contribution in [0.3, 0.4) is 0 Å². The molecule has 0 amide bonds. The Hall–Kier alpha value is -1.09. The van der Waals surface area contributed by atoms with E-state index in [0.29, 0.717) is 5.92 Å². The van der Waals surface area contributed by atoms with Gasteiger partial charge in [0, 0.05) is 6.54 Å². The fourth-order valence-electron chi connectivity index (χ4n) is 1.73. The van der Waals surface area contributed by atoms with Crippen molar-refractivity contribution in [2.45, 2.75) is 33.1 Å². The van der Waals surface area contributed by atoms with Gasteiger partial charge >= 0.3 is 0 Å². The van der Waals surface area contributed by atoms with Crippen molar-refractivity contribution in [2.75, 3.05) is 11.9 Å². The van der Waals surface area contributed by atoms with Crippen molar-refractivity contribution in [3.05, 3.63) is 23.1 Å². The smallest absolute Gasteiger partial charge is 0.130 e. The molecule has 2 rings (SSSR count). The molecule has 86 valence electrons. The van der Waals surface area contributed by atoms with Gasteiger partial charge in [-0.2, -0.15) is 0 Å². The minimum atomic E-state index is 0.512. The first-order valence-electron chi connectivity index (χ1n) is 5.84. The molecule has 2 heterocycles. The van der Waals surface area contributed by atoms with Gasteiger partial charge in [-0.25, -0.2) is 4.98 Å². The van der Waals surface area contributed by atoms with E-state index in [2.05, 4.69) is 43.6 Å². The topological polar surface area (TPSA) is 24.9 Å². The van der Waals surface area contributed by atoms with Gasteiger partial charge in [-0.1, -0.05) is 20.8 Å². The predicted octanol–water partition coefficient (Wildman–Crippen LogP) is 4.24. The van der Waals surface area contributed by atoms with Crippen LogP contribution in [0.15, 0.2) is 17.5 Å². The average Bonchev–Trinajstić information content (AvgIpc) is 2.71. The molecular formula is C13H18N2S. The number of aromatic nitrogens is 1. The summed E-state index contributed by atoms with van der Waals surface area (Å²) >= 11 is 1.76. The molecule has 0 saturated carbocycles. The summed E-state index contributed by atoms with van der Waals surface area (Å²) in [6.45, 7) is 7.59. The fraction of sp³-hybridized carbons (Fsp3) is 0.462. The molecule has 0 aliphatic carbocycles. The Kier molecular flexibility index (Phi) is 3.44. The van der Waals surface area contributed by atoms with Gasteiger partial charge in [-0.3, -0.25) is 0 Å². The van der Waals surface area contributed by atoms with Crippen LogP contribution in [-0.2, 0) is 0 Å². The zero-order chi connectivity index (χ0) is 11.5. The molecule has 1 N–H and O–H groups in total. The highest BCUT2D eigenvalue weighted by molar-refractivity contribution is 7.17. The van der Waals surface area contributed by atoms with E-state index in [-0.39, 0.29) is 0 Å². The first-order valence-corrected chi connectivity index (χ1v) is 6.72. The van der Waals surface area contributed by atoms with E-state index < -0.39 is 0 Å². The first kappa shape index (κ1) is 11.4. The maximum absolute atomic E-state index is 4.69. The minimum Gasteiger partial charge on any atom is -0.370 e. The summed E-state index contributed by atoms with van der Waals surface area (Å²) in [5.41, 5.74) is 2.43. The summed E-state index contributed by atoms with van der Waals surface area (Å²) in [5.74, 6) is 1.57. The van der Waals surface area contributed by atoms with Crippen molar-refractivity contribution in [3.63, 3.8) is 0 Å². The van der Waals surface area contributed by atoms with Crippen LogP contribution in [0.2, 0.25) is 0 Å². The largest absolute Gasteiger partial charge is 0.370 e. The third kappa shape index (κ3) is 2.19. The molecule has 16 heavy (non-hydrogen) atoms. The summed E-state index contributed by atoms with van der Waals surface area (Å²) in [5, 5.41) is 5.52. The van der Waals surface area contributed by atoms with Crippen molar-refractivity contribution in [3.8, 4) is 0 Å². The summed E-state index contributed by atoms with van der Waals surface area (Å²) < 4.78 is 1.28. The van der Waals surface area contributed by atoms with E-state index in [9.17, 15) is 0 Å². The molecule has 2 nitrogen and oxygen atoms in total. The molecule has 0 radical (unpaired) electrons. The second kappa shape index (κ2) is 4.83. The van der Waals surface area contributed by atoms with Crippen LogP contribution < -0.4 is 5.32 Å². The summed E-state index contributed by atoms with van der Waals surface area (Å²) in [4.78, 5) is 4.69. The lowest BCUT2D eigenvalue weighted by Crippen LogP contribution is -2.06. The van der Waals surface area contributed by atoms with E-state index >= 15 is 0 Å². The van der Waals surface area contributed by atoms with Gasteiger partial charge < -0.3 is 5.32 Å². The summed E-state index contributed by atoms with van der Waals surface area (Å²) in [6.07, 6.45) is 1.13. The molecule has 0 atom stereocenters. The Morgan fingerprint density at radius 2 is 2.25 bits per heavy atom. The van der Waals surface area contributed by atoms with Crippen LogP contribution in [0.1, 0.15) is 38.7 Å². The van der Waals surface area contributed by atoms with E-state index in [4.69, 9.17) is 4.98 Å². The Balaban J connectivity index is 2.45. The normalized spacial score (nSPS) is 11.2. The van der Waals surface area contributed by atoms with Gasteiger partial charge in [0.15, 0.2) is 0 Å². The zero-order valence-corrected chi connectivity index (χ0v) is 10.9. The van der Waals surface area contributed by atoms with Crippen LogP contribution >= 0.6 is 11.3 Å². The van der Waals surface area contributed by atoms with Crippen molar-refractivity contribution in [2.24, 2.45) is 0 Å². The highest BCUT2D eigenvalue weighted by atomic mass is 32.1. The Morgan fingerprint density at radius 3 is 2.94 bits per heavy atom. The summed E-state index contributed by atoms with van der Waals surface area (Å²) in [7, 11) is 0. The number of nitrogens with one attached hydrogen (secondary N) is 1. The standard InChI is InChI=1S/C13H18N2S/c1-4-6-14-13-10(9(2)3)8-12-11(15-13)5-7-16-12/h5,7-9H,4,6H2,1-3H3,(H,14,15). The van der Waals surface area contributed by atoms with Gasteiger partial charge in [-0.15, -0.1) is 11.3 Å². The lowest BCUT2D eigenvalue weighted by Gasteiger charge is -2.13. The molecule has 0 bridgehead atoms. The Bertz CT molecular complexity index is 474. The average molecular weight is 234 g/mol. The number of nitrogens with zero attached hydrogens (tertiary/aromatic N) is 1. The quantitative estimate of drug-likeness (QED) is 0.855. The fourth-order valence-corrected chi connectivity index (χ4v) is 2.51. The zero-order valence-electron chi connectivity index (χ0n) is 10.1. The molecule has 0 unspecified atom stereocenters. The predicted molar refractivity (Wildman–Crippen MR) is 72.5 cm³/mol. The molecule has 0 fully saturated rings. The van der Waals surface area contributed by atoms with Crippen molar-refractivity contribution >= 4 is 27.4 Å².